The van der Waals surface area contributed by atoms with Crippen LogP contribution in [0.5, 0.6) is 0 Å². The predicted octanol–water partition coefficient (Wildman–Crippen LogP) is 3.11. The van der Waals surface area contributed by atoms with E-state index in [1.54, 1.807) is 16.4 Å². The van der Waals surface area contributed by atoms with E-state index in [4.69, 9.17) is 0 Å². The SMILES string of the molecule is O=C(Nc1ccccc1)[C@H]1CCCN(c2ccc(S(=O)(=O)N3CCCCC3)cn2)C1. The monoisotopic (exact) mass is 428 g/mol. The van der Waals surface area contributed by atoms with Gasteiger partial charge in [-0.1, -0.05) is 24.6 Å². The smallest absolute Gasteiger partial charge is 0.244 e. The average Bonchev–Trinajstić information content (AvgIpc) is 2.80. The molecule has 0 bridgehead atoms. The number of para-hydroxylation sites is 1. The minimum absolute atomic E-state index is 0.00944. The molecule has 1 aromatic carbocycles. The van der Waals surface area contributed by atoms with Gasteiger partial charge in [-0.25, -0.2) is 13.4 Å². The molecule has 2 aliphatic heterocycles. The Morgan fingerprint density at radius 1 is 0.967 bits per heavy atom. The molecule has 1 aromatic heterocycles. The molecule has 4 rings (SSSR count). The van der Waals surface area contributed by atoms with E-state index in [2.05, 4.69) is 15.2 Å². The maximum absolute atomic E-state index is 12.8. The first-order valence-electron chi connectivity index (χ1n) is 10.6. The summed E-state index contributed by atoms with van der Waals surface area (Å²) in [6.07, 6.45) is 6.07. The second kappa shape index (κ2) is 9.14. The number of piperidine rings is 2. The number of hydrogen-bond acceptors (Lipinski definition) is 5. The standard InChI is InChI=1S/C22H28N4O3S/c27-22(24-19-9-3-1-4-10-19)18-8-7-13-25(17-18)21-12-11-20(16-23-21)30(28,29)26-14-5-2-6-15-26/h1,3-4,9-12,16,18H,2,5-8,13-15,17H2,(H,24,27)/t18-/m0/s1. The number of hydrogen-bond donors (Lipinski definition) is 1. The summed E-state index contributed by atoms with van der Waals surface area (Å²) >= 11 is 0. The van der Waals surface area contributed by atoms with E-state index in [0.717, 1.165) is 44.3 Å². The number of carbonyl (C=O) groups is 1. The number of nitrogens with one attached hydrogen (secondary N) is 1. The van der Waals surface area contributed by atoms with E-state index in [1.807, 2.05) is 30.3 Å². The molecule has 0 spiro atoms. The highest BCUT2D eigenvalue weighted by Gasteiger charge is 2.28. The first-order valence-corrected chi connectivity index (χ1v) is 12.0. The van der Waals surface area contributed by atoms with Crippen molar-refractivity contribution in [2.24, 2.45) is 5.92 Å². The van der Waals surface area contributed by atoms with Gasteiger partial charge < -0.3 is 10.2 Å². The van der Waals surface area contributed by atoms with E-state index in [0.29, 0.717) is 25.5 Å². The number of nitrogens with zero attached hydrogens (tertiary/aromatic N) is 3. The fourth-order valence-corrected chi connectivity index (χ4v) is 5.59. The fourth-order valence-electron chi connectivity index (χ4n) is 4.13. The van der Waals surface area contributed by atoms with Gasteiger partial charge in [0.05, 0.1) is 5.92 Å². The molecule has 8 heteroatoms. The molecule has 0 aliphatic carbocycles. The molecule has 0 radical (unpaired) electrons. The van der Waals surface area contributed by atoms with Crippen molar-refractivity contribution in [1.82, 2.24) is 9.29 Å². The van der Waals surface area contributed by atoms with Crippen LogP contribution in [0, 0.1) is 5.92 Å². The normalized spacial score (nSPS) is 20.7. The molecule has 0 saturated carbocycles. The molecule has 2 aromatic rings. The number of aromatic nitrogens is 1. The summed E-state index contributed by atoms with van der Waals surface area (Å²) in [6.45, 7) is 2.53. The van der Waals surface area contributed by atoms with Gasteiger partial charge in [0.2, 0.25) is 15.9 Å². The second-order valence-corrected chi connectivity index (χ2v) is 9.90. The molecule has 0 unspecified atom stereocenters. The maximum atomic E-state index is 12.8. The number of pyridine rings is 1. The second-order valence-electron chi connectivity index (χ2n) is 7.96. The zero-order chi connectivity index (χ0) is 21.0. The van der Waals surface area contributed by atoms with Gasteiger partial charge in [0, 0.05) is 38.1 Å². The maximum Gasteiger partial charge on any atom is 0.244 e. The Bertz CT molecular complexity index is 958. The molecule has 2 saturated heterocycles. The van der Waals surface area contributed by atoms with Gasteiger partial charge in [-0.3, -0.25) is 4.79 Å². The fraction of sp³-hybridized carbons (Fsp3) is 0.455. The lowest BCUT2D eigenvalue weighted by Crippen LogP contribution is -2.41. The molecule has 7 nitrogen and oxygen atoms in total. The van der Waals surface area contributed by atoms with Crippen LogP contribution in [-0.2, 0) is 14.8 Å². The van der Waals surface area contributed by atoms with Crippen molar-refractivity contribution in [3.63, 3.8) is 0 Å². The van der Waals surface area contributed by atoms with Crippen LogP contribution in [0.25, 0.3) is 0 Å². The number of sulfonamides is 1. The average molecular weight is 429 g/mol. The van der Waals surface area contributed by atoms with Crippen molar-refractivity contribution >= 4 is 27.4 Å². The molecular formula is C22H28N4O3S. The van der Waals surface area contributed by atoms with E-state index in [9.17, 15) is 13.2 Å². The van der Waals surface area contributed by atoms with Gasteiger partial charge in [-0.15, -0.1) is 0 Å². The summed E-state index contributed by atoms with van der Waals surface area (Å²) in [5.41, 5.74) is 0.796. The van der Waals surface area contributed by atoms with Crippen LogP contribution in [0.1, 0.15) is 32.1 Å². The van der Waals surface area contributed by atoms with Crippen LogP contribution in [0.4, 0.5) is 11.5 Å². The summed E-state index contributed by atoms with van der Waals surface area (Å²) in [6, 6.07) is 12.9. The Morgan fingerprint density at radius 3 is 2.43 bits per heavy atom. The van der Waals surface area contributed by atoms with Gasteiger partial charge in [0.25, 0.3) is 0 Å². The highest BCUT2D eigenvalue weighted by molar-refractivity contribution is 7.89. The molecule has 3 heterocycles. The van der Waals surface area contributed by atoms with Crippen molar-refractivity contribution in [2.75, 3.05) is 36.4 Å². The summed E-state index contributed by atoms with van der Waals surface area (Å²) in [4.78, 5) is 19.4. The Labute approximate surface area is 178 Å². The van der Waals surface area contributed by atoms with Gasteiger partial charge in [-0.2, -0.15) is 4.31 Å². The lowest BCUT2D eigenvalue weighted by Gasteiger charge is -2.33. The zero-order valence-corrected chi connectivity index (χ0v) is 17.9. The first-order chi connectivity index (χ1) is 14.5. The lowest BCUT2D eigenvalue weighted by atomic mass is 9.97. The molecule has 1 amide bonds. The van der Waals surface area contributed by atoms with E-state index >= 15 is 0 Å². The molecule has 1 atom stereocenters. The Hall–Kier alpha value is -2.45. The van der Waals surface area contributed by atoms with Crippen LogP contribution < -0.4 is 10.2 Å². The van der Waals surface area contributed by atoms with E-state index < -0.39 is 10.0 Å². The van der Waals surface area contributed by atoms with Gasteiger partial charge in [0.1, 0.15) is 10.7 Å². The predicted molar refractivity (Wildman–Crippen MR) is 117 cm³/mol. The van der Waals surface area contributed by atoms with Crippen LogP contribution >= 0.6 is 0 Å². The molecule has 1 N–H and O–H groups in total. The van der Waals surface area contributed by atoms with Crippen molar-refractivity contribution in [3.8, 4) is 0 Å². The highest BCUT2D eigenvalue weighted by atomic mass is 32.2. The Kier molecular flexibility index (Phi) is 6.34. The molecule has 30 heavy (non-hydrogen) atoms. The molecule has 2 aliphatic rings. The zero-order valence-electron chi connectivity index (χ0n) is 17.0. The molecular weight excluding hydrogens is 400 g/mol. The number of carbonyl (C=O) groups excluding carboxylic acids is 1. The van der Waals surface area contributed by atoms with E-state index in [1.165, 1.54) is 6.20 Å². The number of rotatable bonds is 5. The van der Waals surface area contributed by atoms with Crippen LogP contribution in [0.3, 0.4) is 0 Å². The molecule has 160 valence electrons. The lowest BCUT2D eigenvalue weighted by molar-refractivity contribution is -0.120. The Morgan fingerprint density at radius 2 is 1.73 bits per heavy atom. The van der Waals surface area contributed by atoms with Gasteiger partial charge >= 0.3 is 0 Å². The Balaban J connectivity index is 1.42. The number of amides is 1. The summed E-state index contributed by atoms with van der Waals surface area (Å²) in [7, 11) is -3.48. The van der Waals surface area contributed by atoms with Gasteiger partial charge in [-0.05, 0) is 49.9 Å². The minimum atomic E-state index is -3.48. The van der Waals surface area contributed by atoms with Gasteiger partial charge in [0.15, 0.2) is 0 Å². The van der Waals surface area contributed by atoms with Crippen molar-refractivity contribution in [1.29, 1.82) is 0 Å². The molecule has 2 fully saturated rings. The van der Waals surface area contributed by atoms with E-state index in [-0.39, 0.29) is 16.7 Å². The number of benzene rings is 1. The third kappa shape index (κ3) is 4.65. The first kappa shape index (κ1) is 20.8. The summed E-state index contributed by atoms with van der Waals surface area (Å²) < 4.78 is 27.2. The van der Waals surface area contributed by atoms with Crippen LogP contribution in [0.15, 0.2) is 53.6 Å². The van der Waals surface area contributed by atoms with Crippen molar-refractivity contribution in [2.45, 2.75) is 37.0 Å². The van der Waals surface area contributed by atoms with Crippen LogP contribution in [0.2, 0.25) is 0 Å². The van der Waals surface area contributed by atoms with Crippen molar-refractivity contribution < 1.29 is 13.2 Å². The number of anilines is 2. The third-order valence-electron chi connectivity index (χ3n) is 5.83. The minimum Gasteiger partial charge on any atom is -0.356 e. The van der Waals surface area contributed by atoms with Crippen LogP contribution in [-0.4, -0.2) is 49.8 Å². The quantitative estimate of drug-likeness (QED) is 0.791. The summed E-state index contributed by atoms with van der Waals surface area (Å²) in [5.74, 6) is 0.595. The highest BCUT2D eigenvalue weighted by Crippen LogP contribution is 2.25. The van der Waals surface area contributed by atoms with Crippen molar-refractivity contribution in [3.05, 3.63) is 48.7 Å². The largest absolute Gasteiger partial charge is 0.356 e. The third-order valence-corrected chi connectivity index (χ3v) is 7.71. The topological polar surface area (TPSA) is 82.6 Å². The summed E-state index contributed by atoms with van der Waals surface area (Å²) in [5, 5.41) is 2.98.